The molecule has 0 bridgehead atoms. The average molecular weight is 265 g/mol. The predicted molar refractivity (Wildman–Crippen MR) is 75.5 cm³/mol. The Morgan fingerprint density at radius 2 is 1.95 bits per heavy atom. The van der Waals surface area contributed by atoms with Gasteiger partial charge in [0.1, 0.15) is 5.82 Å². The predicted octanol–water partition coefficient (Wildman–Crippen LogP) is 3.54. The van der Waals surface area contributed by atoms with E-state index in [-0.39, 0.29) is 5.82 Å². The molecule has 106 valence electrons. The molecule has 0 spiro atoms. The van der Waals surface area contributed by atoms with Gasteiger partial charge in [-0.05, 0) is 42.4 Å². The van der Waals surface area contributed by atoms with Gasteiger partial charge < -0.3 is 10.1 Å². The van der Waals surface area contributed by atoms with Gasteiger partial charge in [0.05, 0.1) is 6.61 Å². The molecule has 2 nitrogen and oxygen atoms in total. The number of rotatable bonds is 8. The molecule has 0 amide bonds. The van der Waals surface area contributed by atoms with Crippen molar-refractivity contribution in [2.24, 2.45) is 11.8 Å². The standard InChI is InChI=1S/C16H24FNO/c1-12(2)11-19-10-9-18-16(13-3-4-13)14-5-7-15(17)8-6-14/h5-8,12-13,16,18H,3-4,9-11H2,1-2H3. The van der Waals surface area contributed by atoms with Crippen molar-refractivity contribution in [2.45, 2.75) is 32.7 Å². The fourth-order valence-corrected chi connectivity index (χ4v) is 2.26. The molecule has 2 rings (SSSR count). The molecule has 1 aliphatic carbocycles. The van der Waals surface area contributed by atoms with Crippen LogP contribution in [-0.4, -0.2) is 19.8 Å². The number of halogens is 1. The number of hydrogen-bond acceptors (Lipinski definition) is 2. The Morgan fingerprint density at radius 1 is 1.26 bits per heavy atom. The number of nitrogens with one attached hydrogen (secondary N) is 1. The first-order valence-corrected chi connectivity index (χ1v) is 7.23. The summed E-state index contributed by atoms with van der Waals surface area (Å²) < 4.78 is 18.5. The molecule has 3 heteroatoms. The lowest BCUT2D eigenvalue weighted by molar-refractivity contribution is 0.109. The summed E-state index contributed by atoms with van der Waals surface area (Å²) in [4.78, 5) is 0. The lowest BCUT2D eigenvalue weighted by Crippen LogP contribution is -2.27. The van der Waals surface area contributed by atoms with E-state index in [0.717, 1.165) is 19.8 Å². The van der Waals surface area contributed by atoms with Crippen molar-refractivity contribution in [3.63, 3.8) is 0 Å². The van der Waals surface area contributed by atoms with E-state index in [9.17, 15) is 4.39 Å². The monoisotopic (exact) mass is 265 g/mol. The summed E-state index contributed by atoms with van der Waals surface area (Å²) in [6.45, 7) is 6.71. The Morgan fingerprint density at radius 3 is 2.53 bits per heavy atom. The Balaban J connectivity index is 1.78. The smallest absolute Gasteiger partial charge is 0.123 e. The van der Waals surface area contributed by atoms with Gasteiger partial charge in [0, 0.05) is 19.2 Å². The van der Waals surface area contributed by atoms with Crippen LogP contribution in [0.1, 0.15) is 38.3 Å². The van der Waals surface area contributed by atoms with Crippen molar-refractivity contribution in [3.05, 3.63) is 35.6 Å². The third kappa shape index (κ3) is 4.92. The van der Waals surface area contributed by atoms with Crippen LogP contribution < -0.4 is 5.32 Å². The molecule has 0 heterocycles. The minimum atomic E-state index is -0.168. The van der Waals surface area contributed by atoms with E-state index in [2.05, 4.69) is 19.2 Å². The first kappa shape index (κ1) is 14.5. The molecule has 0 aliphatic heterocycles. The third-order valence-electron chi connectivity index (χ3n) is 3.38. The fourth-order valence-electron chi connectivity index (χ4n) is 2.26. The van der Waals surface area contributed by atoms with E-state index in [1.54, 1.807) is 12.1 Å². The van der Waals surface area contributed by atoms with Crippen molar-refractivity contribution in [1.29, 1.82) is 0 Å². The van der Waals surface area contributed by atoms with Crippen LogP contribution in [0.2, 0.25) is 0 Å². The van der Waals surface area contributed by atoms with Gasteiger partial charge in [0.25, 0.3) is 0 Å². The van der Waals surface area contributed by atoms with E-state index < -0.39 is 0 Å². The molecule has 1 N–H and O–H groups in total. The molecular weight excluding hydrogens is 241 g/mol. The van der Waals surface area contributed by atoms with Crippen LogP contribution in [0.4, 0.5) is 4.39 Å². The van der Waals surface area contributed by atoms with Gasteiger partial charge in [0.2, 0.25) is 0 Å². The Kier molecular flexibility index (Phi) is 5.34. The highest BCUT2D eigenvalue weighted by atomic mass is 19.1. The molecule has 0 saturated heterocycles. The van der Waals surface area contributed by atoms with Crippen molar-refractivity contribution in [3.8, 4) is 0 Å². The number of hydrogen-bond donors (Lipinski definition) is 1. The van der Waals surface area contributed by atoms with Gasteiger partial charge >= 0.3 is 0 Å². The lowest BCUT2D eigenvalue weighted by atomic mass is 10.0. The highest BCUT2D eigenvalue weighted by Crippen LogP contribution is 2.40. The van der Waals surface area contributed by atoms with Crippen molar-refractivity contribution >= 4 is 0 Å². The summed E-state index contributed by atoms with van der Waals surface area (Å²) in [5.74, 6) is 1.12. The van der Waals surface area contributed by atoms with E-state index in [0.29, 0.717) is 17.9 Å². The van der Waals surface area contributed by atoms with Gasteiger partial charge in [-0.3, -0.25) is 0 Å². The maximum Gasteiger partial charge on any atom is 0.123 e. The molecule has 1 saturated carbocycles. The van der Waals surface area contributed by atoms with E-state index in [1.165, 1.54) is 18.4 Å². The van der Waals surface area contributed by atoms with Gasteiger partial charge in [-0.25, -0.2) is 4.39 Å². The summed E-state index contributed by atoms with van der Waals surface area (Å²) in [6, 6.07) is 7.22. The minimum absolute atomic E-state index is 0.168. The Labute approximate surface area is 115 Å². The summed E-state index contributed by atoms with van der Waals surface area (Å²) in [6.07, 6.45) is 2.53. The van der Waals surface area contributed by atoms with Gasteiger partial charge in [-0.15, -0.1) is 0 Å². The highest BCUT2D eigenvalue weighted by Gasteiger charge is 2.31. The van der Waals surface area contributed by atoms with Crippen LogP contribution >= 0.6 is 0 Å². The number of ether oxygens (including phenoxy) is 1. The third-order valence-corrected chi connectivity index (χ3v) is 3.38. The van der Waals surface area contributed by atoms with Crippen LogP contribution in [0, 0.1) is 17.7 Å². The van der Waals surface area contributed by atoms with Gasteiger partial charge in [-0.2, -0.15) is 0 Å². The van der Waals surface area contributed by atoms with Crippen molar-refractivity contribution in [2.75, 3.05) is 19.8 Å². The molecule has 0 aromatic heterocycles. The first-order valence-electron chi connectivity index (χ1n) is 7.23. The molecule has 19 heavy (non-hydrogen) atoms. The maximum atomic E-state index is 13.0. The van der Waals surface area contributed by atoms with Gasteiger partial charge in [0.15, 0.2) is 0 Å². The zero-order valence-corrected chi connectivity index (χ0v) is 11.9. The van der Waals surface area contributed by atoms with E-state index >= 15 is 0 Å². The average Bonchev–Trinajstić information content (AvgIpc) is 3.19. The van der Waals surface area contributed by atoms with Crippen LogP contribution in [0.3, 0.4) is 0 Å². The quantitative estimate of drug-likeness (QED) is 0.726. The molecular formula is C16H24FNO. The lowest BCUT2D eigenvalue weighted by Gasteiger charge is -2.19. The molecule has 1 aromatic rings. The first-order chi connectivity index (χ1) is 9.16. The Hall–Kier alpha value is -0.930. The second kappa shape index (κ2) is 7.01. The summed E-state index contributed by atoms with van der Waals surface area (Å²) in [5, 5.41) is 3.54. The van der Waals surface area contributed by atoms with Gasteiger partial charge in [-0.1, -0.05) is 26.0 Å². The fraction of sp³-hybridized carbons (Fsp3) is 0.625. The molecule has 1 unspecified atom stereocenters. The van der Waals surface area contributed by atoms with Crippen molar-refractivity contribution in [1.82, 2.24) is 5.32 Å². The summed E-state index contributed by atoms with van der Waals surface area (Å²) >= 11 is 0. The summed E-state index contributed by atoms with van der Waals surface area (Å²) in [7, 11) is 0. The van der Waals surface area contributed by atoms with Crippen LogP contribution in [0.15, 0.2) is 24.3 Å². The highest BCUT2D eigenvalue weighted by molar-refractivity contribution is 5.21. The minimum Gasteiger partial charge on any atom is -0.380 e. The zero-order chi connectivity index (χ0) is 13.7. The Bertz CT molecular complexity index is 373. The van der Waals surface area contributed by atoms with Crippen LogP contribution in [0.25, 0.3) is 0 Å². The number of benzene rings is 1. The van der Waals surface area contributed by atoms with Crippen molar-refractivity contribution < 1.29 is 9.13 Å². The summed E-state index contributed by atoms with van der Waals surface area (Å²) in [5.41, 5.74) is 1.19. The molecule has 1 atom stereocenters. The SMILES string of the molecule is CC(C)COCCNC(c1ccc(F)cc1)C1CC1. The second-order valence-corrected chi connectivity index (χ2v) is 5.79. The molecule has 1 aromatic carbocycles. The largest absolute Gasteiger partial charge is 0.380 e. The maximum absolute atomic E-state index is 13.0. The second-order valence-electron chi connectivity index (χ2n) is 5.79. The molecule has 1 aliphatic rings. The molecule has 0 radical (unpaired) electrons. The van der Waals surface area contributed by atoms with Crippen LogP contribution in [-0.2, 0) is 4.74 Å². The normalized spacial score (nSPS) is 16.8. The zero-order valence-electron chi connectivity index (χ0n) is 11.9. The van der Waals surface area contributed by atoms with E-state index in [4.69, 9.17) is 4.74 Å². The van der Waals surface area contributed by atoms with E-state index in [1.807, 2.05) is 12.1 Å². The molecule has 1 fully saturated rings. The van der Waals surface area contributed by atoms with Crippen LogP contribution in [0.5, 0.6) is 0 Å². The topological polar surface area (TPSA) is 21.3 Å².